The van der Waals surface area contributed by atoms with E-state index in [-0.39, 0.29) is 16.2 Å². The number of nitrogens with zero attached hydrogens (tertiary/aromatic N) is 1. The molecule has 2 N–H and O–H groups in total. The summed E-state index contributed by atoms with van der Waals surface area (Å²) >= 11 is 3.22. The van der Waals surface area contributed by atoms with E-state index in [0.29, 0.717) is 4.47 Å². The number of rotatable bonds is 4. The van der Waals surface area contributed by atoms with Crippen molar-refractivity contribution in [2.75, 3.05) is 0 Å². The lowest BCUT2D eigenvalue weighted by molar-refractivity contribution is 0.0937. The van der Waals surface area contributed by atoms with E-state index in [0.717, 1.165) is 18.2 Å². The number of carbonyl (C=O) groups is 1. The van der Waals surface area contributed by atoms with Crippen molar-refractivity contribution in [3.8, 4) is 0 Å². The summed E-state index contributed by atoms with van der Waals surface area (Å²) in [5.41, 5.74) is 2.63. The highest BCUT2D eigenvalue weighted by Crippen LogP contribution is 2.16. The molecule has 6 nitrogen and oxygen atoms in total. The highest BCUT2D eigenvalue weighted by molar-refractivity contribution is 9.10. The standard InChI is InChI=1S/C13H13BrFN3O3S/c1-8-5-10(15)3-4-12(8)22(20,21)17-16-13(19)11-6-9(14)7-18(11)2/h3-7,17H,1-2H3,(H,16,19). The maximum absolute atomic E-state index is 13.0. The fraction of sp³-hybridized carbons (Fsp3) is 0.154. The van der Waals surface area contributed by atoms with E-state index in [1.165, 1.54) is 11.5 Å². The minimum atomic E-state index is -3.99. The number of amides is 1. The van der Waals surface area contributed by atoms with Gasteiger partial charge in [-0.25, -0.2) is 12.8 Å². The molecule has 2 rings (SSSR count). The number of halogens is 2. The minimum absolute atomic E-state index is 0.109. The SMILES string of the molecule is Cc1cc(F)ccc1S(=O)(=O)NNC(=O)c1cc(Br)cn1C. The fourth-order valence-corrected chi connectivity index (χ4v) is 3.49. The van der Waals surface area contributed by atoms with Crippen LogP contribution in [0.15, 0.2) is 39.8 Å². The predicted molar refractivity (Wildman–Crippen MR) is 82.0 cm³/mol. The third-order valence-corrected chi connectivity index (χ3v) is 4.77. The highest BCUT2D eigenvalue weighted by atomic mass is 79.9. The van der Waals surface area contributed by atoms with Gasteiger partial charge >= 0.3 is 0 Å². The van der Waals surface area contributed by atoms with Gasteiger partial charge in [-0.1, -0.05) is 0 Å². The van der Waals surface area contributed by atoms with Crippen LogP contribution in [0.3, 0.4) is 0 Å². The Hall–Kier alpha value is -1.71. The molecule has 0 aliphatic heterocycles. The number of hydrogen-bond donors (Lipinski definition) is 2. The molecule has 0 fully saturated rings. The van der Waals surface area contributed by atoms with Gasteiger partial charge in [0.25, 0.3) is 15.9 Å². The fourth-order valence-electron chi connectivity index (χ4n) is 1.90. The Morgan fingerprint density at radius 1 is 1.32 bits per heavy atom. The van der Waals surface area contributed by atoms with Gasteiger partial charge in [-0.05, 0) is 52.7 Å². The van der Waals surface area contributed by atoms with Crippen LogP contribution in [0.1, 0.15) is 16.1 Å². The monoisotopic (exact) mass is 389 g/mol. The van der Waals surface area contributed by atoms with Gasteiger partial charge in [0, 0.05) is 17.7 Å². The van der Waals surface area contributed by atoms with Crippen LogP contribution in [0.5, 0.6) is 0 Å². The first-order valence-electron chi connectivity index (χ1n) is 6.11. The molecule has 0 aliphatic rings. The van der Waals surface area contributed by atoms with Gasteiger partial charge in [0.2, 0.25) is 0 Å². The van der Waals surface area contributed by atoms with Crippen molar-refractivity contribution in [2.24, 2.45) is 7.05 Å². The molecule has 0 radical (unpaired) electrons. The van der Waals surface area contributed by atoms with Crippen LogP contribution in [-0.4, -0.2) is 18.9 Å². The highest BCUT2D eigenvalue weighted by Gasteiger charge is 2.19. The van der Waals surface area contributed by atoms with Crippen molar-refractivity contribution < 1.29 is 17.6 Å². The molecular formula is C13H13BrFN3O3S. The first-order valence-corrected chi connectivity index (χ1v) is 8.38. The number of hydrogen-bond acceptors (Lipinski definition) is 3. The average Bonchev–Trinajstić information content (AvgIpc) is 2.74. The Morgan fingerprint density at radius 3 is 2.55 bits per heavy atom. The molecule has 118 valence electrons. The van der Waals surface area contributed by atoms with Crippen molar-refractivity contribution in [2.45, 2.75) is 11.8 Å². The lowest BCUT2D eigenvalue weighted by Crippen LogP contribution is -2.42. The second kappa shape index (κ2) is 6.19. The van der Waals surface area contributed by atoms with Gasteiger partial charge in [-0.3, -0.25) is 10.2 Å². The first-order chi connectivity index (χ1) is 10.2. The molecule has 1 aromatic heterocycles. The summed E-state index contributed by atoms with van der Waals surface area (Å²) in [4.78, 5) is 13.8. The molecule has 1 heterocycles. The van der Waals surface area contributed by atoms with Crippen molar-refractivity contribution in [1.82, 2.24) is 14.8 Å². The second-order valence-corrected chi connectivity index (χ2v) is 7.19. The lowest BCUT2D eigenvalue weighted by atomic mass is 10.2. The molecule has 0 unspecified atom stereocenters. The Morgan fingerprint density at radius 2 is 2.00 bits per heavy atom. The van der Waals surface area contributed by atoms with E-state index >= 15 is 0 Å². The van der Waals surface area contributed by atoms with E-state index in [1.54, 1.807) is 19.3 Å². The molecular weight excluding hydrogens is 377 g/mol. The van der Waals surface area contributed by atoms with Crippen LogP contribution >= 0.6 is 15.9 Å². The molecule has 0 saturated carbocycles. The van der Waals surface area contributed by atoms with Crippen LogP contribution in [0.2, 0.25) is 0 Å². The summed E-state index contributed by atoms with van der Waals surface area (Å²) in [7, 11) is -2.34. The lowest BCUT2D eigenvalue weighted by Gasteiger charge is -2.10. The van der Waals surface area contributed by atoms with Gasteiger partial charge in [-0.15, -0.1) is 4.83 Å². The minimum Gasteiger partial charge on any atom is -0.345 e. The maximum Gasteiger partial charge on any atom is 0.282 e. The van der Waals surface area contributed by atoms with E-state index < -0.39 is 21.7 Å². The smallest absolute Gasteiger partial charge is 0.282 e. The second-order valence-electron chi connectivity index (χ2n) is 4.62. The number of sulfonamides is 1. The quantitative estimate of drug-likeness (QED) is 0.783. The largest absolute Gasteiger partial charge is 0.345 e. The maximum atomic E-state index is 13.0. The Bertz CT molecular complexity index is 833. The molecule has 1 aromatic carbocycles. The van der Waals surface area contributed by atoms with Crippen molar-refractivity contribution >= 4 is 31.9 Å². The summed E-state index contributed by atoms with van der Waals surface area (Å²) < 4.78 is 39.5. The number of aromatic nitrogens is 1. The number of benzene rings is 1. The van der Waals surface area contributed by atoms with E-state index in [1.807, 2.05) is 4.83 Å². The van der Waals surface area contributed by atoms with E-state index in [2.05, 4.69) is 21.4 Å². The van der Waals surface area contributed by atoms with Gasteiger partial charge < -0.3 is 4.57 Å². The van der Waals surface area contributed by atoms with E-state index in [9.17, 15) is 17.6 Å². The molecule has 22 heavy (non-hydrogen) atoms. The van der Waals surface area contributed by atoms with Crippen LogP contribution < -0.4 is 10.3 Å². The van der Waals surface area contributed by atoms with Crippen molar-refractivity contribution in [3.05, 3.63) is 52.0 Å². The zero-order valence-electron chi connectivity index (χ0n) is 11.7. The van der Waals surface area contributed by atoms with Crippen LogP contribution in [0.25, 0.3) is 0 Å². The molecule has 0 atom stereocenters. The Labute approximate surface area is 135 Å². The molecule has 1 amide bonds. The molecule has 0 saturated heterocycles. The summed E-state index contributed by atoms with van der Waals surface area (Å²) in [6.45, 7) is 1.47. The van der Waals surface area contributed by atoms with Gasteiger partial charge in [0.05, 0.1) is 4.90 Å². The number of nitrogens with one attached hydrogen (secondary N) is 2. The first kappa shape index (κ1) is 16.7. The molecule has 0 bridgehead atoms. The van der Waals surface area contributed by atoms with Crippen LogP contribution in [-0.2, 0) is 17.1 Å². The van der Waals surface area contributed by atoms with Gasteiger partial charge in [0.15, 0.2) is 0 Å². The molecule has 0 spiro atoms. The Kier molecular flexibility index (Phi) is 4.69. The zero-order chi connectivity index (χ0) is 16.5. The predicted octanol–water partition coefficient (Wildman–Crippen LogP) is 1.86. The van der Waals surface area contributed by atoms with Crippen molar-refractivity contribution in [1.29, 1.82) is 0 Å². The summed E-state index contributed by atoms with van der Waals surface area (Å²) in [6, 6.07) is 4.83. The normalized spacial score (nSPS) is 11.5. The molecule has 9 heteroatoms. The van der Waals surface area contributed by atoms with Gasteiger partial charge in [0.1, 0.15) is 11.5 Å². The third-order valence-electron chi connectivity index (χ3n) is 2.93. The number of carbonyl (C=O) groups excluding carboxylic acids is 1. The van der Waals surface area contributed by atoms with E-state index in [4.69, 9.17) is 0 Å². The number of hydrazine groups is 1. The topological polar surface area (TPSA) is 80.2 Å². The third kappa shape index (κ3) is 3.54. The summed E-state index contributed by atoms with van der Waals surface area (Å²) in [6.07, 6.45) is 1.66. The zero-order valence-corrected chi connectivity index (χ0v) is 14.1. The summed E-state index contributed by atoms with van der Waals surface area (Å²) in [5.74, 6) is -1.15. The summed E-state index contributed by atoms with van der Waals surface area (Å²) in [5, 5.41) is 0. The molecule has 0 aliphatic carbocycles. The molecule has 2 aromatic rings. The van der Waals surface area contributed by atoms with Gasteiger partial charge in [-0.2, -0.15) is 0 Å². The number of aryl methyl sites for hydroxylation is 2. The average molecular weight is 390 g/mol. The van der Waals surface area contributed by atoms with Crippen LogP contribution in [0.4, 0.5) is 4.39 Å². The van der Waals surface area contributed by atoms with Crippen molar-refractivity contribution in [3.63, 3.8) is 0 Å². The van der Waals surface area contributed by atoms with Crippen LogP contribution in [0, 0.1) is 12.7 Å². The Balaban J connectivity index is 2.16.